The van der Waals surface area contributed by atoms with Crippen molar-refractivity contribution in [3.05, 3.63) is 35.4 Å². The lowest BCUT2D eigenvalue weighted by Gasteiger charge is -2.25. The molecule has 1 aliphatic rings. The molecule has 28 heavy (non-hydrogen) atoms. The fraction of sp³-hybridized carbons (Fsp3) is 0.579. The van der Waals surface area contributed by atoms with Crippen LogP contribution in [0, 0.1) is 0 Å². The maximum atomic E-state index is 11.7. The number of nitrogens with one attached hydrogen (secondary N) is 3. The van der Waals surface area contributed by atoms with Crippen molar-refractivity contribution in [1.82, 2.24) is 20.9 Å². The predicted molar refractivity (Wildman–Crippen MR) is 113 cm³/mol. The van der Waals surface area contributed by atoms with Gasteiger partial charge in [-0.1, -0.05) is 12.1 Å². The third kappa shape index (κ3) is 7.47. The molecule has 8 nitrogen and oxygen atoms in total. The van der Waals surface area contributed by atoms with E-state index in [-0.39, 0.29) is 17.4 Å². The molecule has 2 rings (SSSR count). The van der Waals surface area contributed by atoms with Crippen LogP contribution in [-0.2, 0) is 16.3 Å². The summed E-state index contributed by atoms with van der Waals surface area (Å²) in [4.78, 5) is 18.4. The molecule has 0 bridgehead atoms. The average molecular weight is 410 g/mol. The van der Waals surface area contributed by atoms with Crippen molar-refractivity contribution in [3.63, 3.8) is 0 Å². The van der Waals surface area contributed by atoms with Crippen LogP contribution in [0.3, 0.4) is 0 Å². The summed E-state index contributed by atoms with van der Waals surface area (Å²) >= 11 is 0. The molecule has 9 heteroatoms. The summed E-state index contributed by atoms with van der Waals surface area (Å²) in [5.74, 6) is 1.14. The van der Waals surface area contributed by atoms with Crippen molar-refractivity contribution in [2.75, 3.05) is 57.8 Å². The summed E-state index contributed by atoms with van der Waals surface area (Å²) in [6.45, 7) is 6.01. The second-order valence-electron chi connectivity index (χ2n) is 6.71. The first-order chi connectivity index (χ1) is 13.4. The topological polar surface area (TPSA) is 103 Å². The van der Waals surface area contributed by atoms with Crippen LogP contribution in [0.4, 0.5) is 0 Å². The van der Waals surface area contributed by atoms with E-state index >= 15 is 0 Å². The number of carbonyl (C=O) groups excluding carboxylic acids is 1. The molecule has 0 atom stereocenters. The Hall–Kier alpha value is -2.13. The Labute approximate surface area is 167 Å². The molecule has 156 valence electrons. The number of carbonyl (C=O) groups is 1. The van der Waals surface area contributed by atoms with Gasteiger partial charge in [-0.3, -0.25) is 14.7 Å². The van der Waals surface area contributed by atoms with Gasteiger partial charge in [0.2, 0.25) is 0 Å². The zero-order valence-electron chi connectivity index (χ0n) is 16.7. The molecule has 1 saturated heterocycles. The van der Waals surface area contributed by atoms with Gasteiger partial charge in [-0.25, -0.2) is 8.42 Å². The highest BCUT2D eigenvalue weighted by molar-refractivity contribution is 7.91. The van der Waals surface area contributed by atoms with Gasteiger partial charge in [0.05, 0.1) is 18.1 Å². The van der Waals surface area contributed by atoms with Crippen molar-refractivity contribution in [1.29, 1.82) is 0 Å². The minimum atomic E-state index is -2.84. The van der Waals surface area contributed by atoms with Crippen molar-refractivity contribution in [3.8, 4) is 0 Å². The van der Waals surface area contributed by atoms with E-state index in [1.807, 2.05) is 25.1 Å². The largest absolute Gasteiger partial charge is 0.357 e. The van der Waals surface area contributed by atoms with Crippen LogP contribution in [0.25, 0.3) is 0 Å². The summed E-state index contributed by atoms with van der Waals surface area (Å²) in [5.41, 5.74) is 1.74. The number of sulfone groups is 1. The molecule has 0 aliphatic carbocycles. The maximum Gasteiger partial charge on any atom is 0.251 e. The van der Waals surface area contributed by atoms with E-state index in [0.29, 0.717) is 31.7 Å². The second kappa shape index (κ2) is 11.0. The van der Waals surface area contributed by atoms with E-state index in [2.05, 4.69) is 25.8 Å². The second-order valence-corrected chi connectivity index (χ2v) is 9.01. The minimum absolute atomic E-state index is 0.0878. The third-order valence-electron chi connectivity index (χ3n) is 4.59. The number of nitrogens with zero attached hydrogens (tertiary/aromatic N) is 2. The number of guanidine groups is 1. The molecule has 1 fully saturated rings. The molecule has 1 amide bonds. The fourth-order valence-corrected chi connectivity index (χ4v) is 4.23. The van der Waals surface area contributed by atoms with Gasteiger partial charge in [0.15, 0.2) is 15.8 Å². The van der Waals surface area contributed by atoms with Crippen LogP contribution >= 0.6 is 0 Å². The number of rotatable bonds is 8. The van der Waals surface area contributed by atoms with Gasteiger partial charge >= 0.3 is 0 Å². The lowest BCUT2D eigenvalue weighted by Crippen LogP contribution is -2.42. The zero-order chi connectivity index (χ0) is 20.4. The predicted octanol–water partition coefficient (Wildman–Crippen LogP) is -0.126. The molecule has 1 aromatic rings. The van der Waals surface area contributed by atoms with Crippen LogP contribution in [-0.4, -0.2) is 83.0 Å². The number of hydrogen-bond acceptors (Lipinski definition) is 5. The SMILES string of the molecule is CCNC(=NCCN1CCS(=O)(=O)CC1)NCCc1cccc(C(=O)NC)c1. The molecule has 1 aliphatic heterocycles. The summed E-state index contributed by atoms with van der Waals surface area (Å²) in [6.07, 6.45) is 0.777. The zero-order valence-corrected chi connectivity index (χ0v) is 17.5. The van der Waals surface area contributed by atoms with Crippen LogP contribution < -0.4 is 16.0 Å². The molecule has 1 heterocycles. The quantitative estimate of drug-likeness (QED) is 0.408. The van der Waals surface area contributed by atoms with E-state index < -0.39 is 9.84 Å². The van der Waals surface area contributed by atoms with Crippen molar-refractivity contribution in [2.24, 2.45) is 4.99 Å². The Bertz CT molecular complexity index is 766. The van der Waals surface area contributed by atoms with Crippen molar-refractivity contribution in [2.45, 2.75) is 13.3 Å². The summed E-state index contributed by atoms with van der Waals surface area (Å²) in [7, 11) is -1.22. The Balaban J connectivity index is 1.79. The Kier molecular flexibility index (Phi) is 8.72. The first-order valence-electron chi connectivity index (χ1n) is 9.69. The molecule has 0 saturated carbocycles. The van der Waals surface area contributed by atoms with Gasteiger partial charge in [-0.05, 0) is 31.0 Å². The number of hydrogen-bond donors (Lipinski definition) is 3. The highest BCUT2D eigenvalue weighted by Crippen LogP contribution is 2.06. The molecular weight excluding hydrogens is 378 g/mol. The highest BCUT2D eigenvalue weighted by Gasteiger charge is 2.20. The Morgan fingerprint density at radius 3 is 2.64 bits per heavy atom. The molecule has 0 aromatic heterocycles. The summed E-state index contributed by atoms with van der Waals surface area (Å²) in [6, 6.07) is 7.59. The third-order valence-corrected chi connectivity index (χ3v) is 6.20. The van der Waals surface area contributed by atoms with Crippen LogP contribution in [0.1, 0.15) is 22.8 Å². The minimum Gasteiger partial charge on any atom is -0.357 e. The lowest BCUT2D eigenvalue weighted by molar-refractivity contribution is 0.0963. The molecule has 3 N–H and O–H groups in total. The van der Waals surface area contributed by atoms with Crippen LogP contribution in [0.15, 0.2) is 29.3 Å². The van der Waals surface area contributed by atoms with Crippen LogP contribution in [0.2, 0.25) is 0 Å². The number of benzene rings is 1. The molecular formula is C19H31N5O3S. The first kappa shape index (κ1) is 22.2. The molecule has 1 aromatic carbocycles. The monoisotopic (exact) mass is 409 g/mol. The summed E-state index contributed by atoms with van der Waals surface area (Å²) in [5, 5.41) is 9.16. The highest BCUT2D eigenvalue weighted by atomic mass is 32.2. The Morgan fingerprint density at radius 1 is 1.21 bits per heavy atom. The average Bonchev–Trinajstić information content (AvgIpc) is 2.69. The van der Waals surface area contributed by atoms with Crippen LogP contribution in [0.5, 0.6) is 0 Å². The standard InChI is InChI=1S/C19H31N5O3S/c1-3-21-19(23-9-10-24-11-13-28(26,27)14-12-24)22-8-7-16-5-4-6-17(15-16)18(25)20-2/h4-6,15H,3,7-14H2,1-2H3,(H,20,25)(H2,21,22,23). The lowest BCUT2D eigenvalue weighted by atomic mass is 10.1. The molecule has 0 spiro atoms. The van der Waals surface area contributed by atoms with Crippen molar-refractivity contribution >= 4 is 21.7 Å². The van der Waals surface area contributed by atoms with E-state index in [0.717, 1.165) is 31.0 Å². The van der Waals surface area contributed by atoms with Gasteiger partial charge in [0, 0.05) is 45.3 Å². The van der Waals surface area contributed by atoms with Crippen molar-refractivity contribution < 1.29 is 13.2 Å². The van der Waals surface area contributed by atoms with Gasteiger partial charge in [0.1, 0.15) is 0 Å². The first-order valence-corrected chi connectivity index (χ1v) is 11.5. The normalized spacial score (nSPS) is 17.1. The van der Waals surface area contributed by atoms with Gasteiger partial charge in [-0.2, -0.15) is 0 Å². The van der Waals surface area contributed by atoms with Gasteiger partial charge < -0.3 is 16.0 Å². The molecule has 0 unspecified atom stereocenters. The fourth-order valence-electron chi connectivity index (χ4n) is 2.96. The van der Waals surface area contributed by atoms with Gasteiger partial charge in [0.25, 0.3) is 5.91 Å². The van der Waals surface area contributed by atoms with E-state index in [1.165, 1.54) is 0 Å². The van der Waals surface area contributed by atoms with E-state index in [4.69, 9.17) is 0 Å². The van der Waals surface area contributed by atoms with E-state index in [1.54, 1.807) is 13.1 Å². The number of amides is 1. The smallest absolute Gasteiger partial charge is 0.251 e. The maximum absolute atomic E-state index is 11.7. The van der Waals surface area contributed by atoms with E-state index in [9.17, 15) is 13.2 Å². The summed E-state index contributed by atoms with van der Waals surface area (Å²) < 4.78 is 23.0. The Morgan fingerprint density at radius 2 is 1.96 bits per heavy atom. The molecule has 0 radical (unpaired) electrons. The van der Waals surface area contributed by atoms with Gasteiger partial charge in [-0.15, -0.1) is 0 Å². The number of aliphatic imine (C=N–C) groups is 1.